The maximum absolute atomic E-state index is 11.4. The lowest BCUT2D eigenvalue weighted by molar-refractivity contribution is -0.121. The minimum Gasteiger partial charge on any atom is -0.481 e. The molecule has 5 nitrogen and oxygen atoms in total. The second-order valence-corrected chi connectivity index (χ2v) is 3.71. The van der Waals surface area contributed by atoms with Crippen LogP contribution >= 0.6 is 12.4 Å². The van der Waals surface area contributed by atoms with Crippen molar-refractivity contribution in [2.24, 2.45) is 0 Å². The van der Waals surface area contributed by atoms with Gasteiger partial charge in [0, 0.05) is 7.05 Å². The highest BCUT2D eigenvalue weighted by Crippen LogP contribution is 2.35. The third-order valence-electron chi connectivity index (χ3n) is 2.52. The van der Waals surface area contributed by atoms with Crippen LogP contribution in [0.3, 0.4) is 0 Å². The van der Waals surface area contributed by atoms with Gasteiger partial charge in [0.25, 0.3) is 5.91 Å². The van der Waals surface area contributed by atoms with Crippen LogP contribution in [-0.4, -0.2) is 30.6 Å². The number of benzene rings is 1. The number of likely N-dealkylation sites (N-methyl/N-ethyl adjacent to an activating group) is 1. The molecule has 1 aliphatic heterocycles. The zero-order chi connectivity index (χ0) is 11.9. The van der Waals surface area contributed by atoms with Crippen molar-refractivity contribution in [3.63, 3.8) is 0 Å². The Labute approximate surface area is 104 Å². The van der Waals surface area contributed by atoms with E-state index < -0.39 is 5.97 Å². The van der Waals surface area contributed by atoms with E-state index in [9.17, 15) is 9.59 Å². The summed E-state index contributed by atoms with van der Waals surface area (Å²) in [7, 11) is 1.61. The number of carbonyl (C=O) groups is 2. The Hall–Kier alpha value is -1.75. The van der Waals surface area contributed by atoms with E-state index in [2.05, 4.69) is 0 Å². The molecule has 6 heteroatoms. The average Bonchev–Trinajstić information content (AvgIpc) is 2.23. The number of carboxylic acid groups (broad SMARTS) is 1. The average molecular weight is 258 g/mol. The lowest BCUT2D eigenvalue weighted by Crippen LogP contribution is -2.36. The summed E-state index contributed by atoms with van der Waals surface area (Å²) >= 11 is 0. The molecular weight excluding hydrogens is 246 g/mol. The first-order chi connectivity index (χ1) is 7.50. The fourth-order valence-electron chi connectivity index (χ4n) is 1.68. The van der Waals surface area contributed by atoms with Gasteiger partial charge in [-0.3, -0.25) is 4.79 Å². The van der Waals surface area contributed by atoms with Gasteiger partial charge in [-0.1, -0.05) is 0 Å². The van der Waals surface area contributed by atoms with E-state index in [1.54, 1.807) is 20.0 Å². The van der Waals surface area contributed by atoms with Crippen LogP contribution in [-0.2, 0) is 4.79 Å². The Morgan fingerprint density at radius 3 is 2.71 bits per heavy atom. The van der Waals surface area contributed by atoms with Crippen molar-refractivity contribution in [1.29, 1.82) is 0 Å². The van der Waals surface area contributed by atoms with Gasteiger partial charge in [0.2, 0.25) is 0 Å². The first-order valence-electron chi connectivity index (χ1n) is 4.78. The van der Waals surface area contributed by atoms with Crippen LogP contribution < -0.4 is 9.64 Å². The number of fused-ring (bicyclic) bond motifs is 1. The summed E-state index contributed by atoms with van der Waals surface area (Å²) in [5.74, 6) is -0.975. The third-order valence-corrected chi connectivity index (χ3v) is 2.52. The number of rotatable bonds is 1. The standard InChI is InChI=1S/C11H11NO4.ClH/c1-6-3-7(11(14)15)10-8(4-6)12(2)9(13)5-16-10;/h3-4H,5H2,1-2H3,(H,14,15);1H. The number of hydrogen-bond donors (Lipinski definition) is 1. The van der Waals surface area contributed by atoms with Crippen LogP contribution in [0.2, 0.25) is 0 Å². The van der Waals surface area contributed by atoms with Crippen LogP contribution in [0.15, 0.2) is 12.1 Å². The first kappa shape index (κ1) is 13.3. The number of aryl methyl sites for hydroxylation is 1. The highest BCUT2D eigenvalue weighted by molar-refractivity contribution is 6.02. The number of hydrogen-bond acceptors (Lipinski definition) is 3. The molecule has 1 amide bonds. The largest absolute Gasteiger partial charge is 0.481 e. The summed E-state index contributed by atoms with van der Waals surface area (Å²) in [6.07, 6.45) is 0. The molecule has 2 rings (SSSR count). The molecule has 0 saturated heterocycles. The molecule has 0 aliphatic carbocycles. The van der Waals surface area contributed by atoms with E-state index in [1.807, 2.05) is 0 Å². The van der Waals surface area contributed by atoms with Crippen molar-refractivity contribution in [1.82, 2.24) is 0 Å². The minimum absolute atomic E-state index is 0. The number of carboxylic acids is 1. The van der Waals surface area contributed by atoms with Crippen molar-refractivity contribution in [3.8, 4) is 5.75 Å². The summed E-state index contributed by atoms with van der Waals surface area (Å²) in [5.41, 5.74) is 1.38. The first-order valence-corrected chi connectivity index (χ1v) is 4.78. The van der Waals surface area contributed by atoms with Crippen molar-refractivity contribution >= 4 is 30.0 Å². The van der Waals surface area contributed by atoms with E-state index in [1.165, 1.54) is 11.0 Å². The number of nitrogens with zero attached hydrogens (tertiary/aromatic N) is 1. The highest BCUT2D eigenvalue weighted by Gasteiger charge is 2.27. The number of anilines is 1. The topological polar surface area (TPSA) is 66.8 Å². The van der Waals surface area contributed by atoms with E-state index in [-0.39, 0.29) is 36.2 Å². The van der Waals surface area contributed by atoms with Crippen LogP contribution in [0.5, 0.6) is 5.75 Å². The van der Waals surface area contributed by atoms with Crippen molar-refractivity contribution in [3.05, 3.63) is 23.3 Å². The number of aromatic carboxylic acids is 1. The molecule has 0 fully saturated rings. The highest BCUT2D eigenvalue weighted by atomic mass is 35.5. The van der Waals surface area contributed by atoms with E-state index >= 15 is 0 Å². The Bertz CT molecular complexity index is 487. The molecule has 17 heavy (non-hydrogen) atoms. The van der Waals surface area contributed by atoms with Crippen LogP contribution in [0.25, 0.3) is 0 Å². The summed E-state index contributed by atoms with van der Waals surface area (Å²) < 4.78 is 5.18. The van der Waals surface area contributed by atoms with Crippen LogP contribution in [0.4, 0.5) is 5.69 Å². The monoisotopic (exact) mass is 257 g/mol. The van der Waals surface area contributed by atoms with E-state index in [0.29, 0.717) is 5.69 Å². The Kier molecular flexibility index (Phi) is 3.63. The maximum Gasteiger partial charge on any atom is 0.339 e. The van der Waals surface area contributed by atoms with Crippen LogP contribution in [0.1, 0.15) is 15.9 Å². The number of halogens is 1. The zero-order valence-corrected chi connectivity index (χ0v) is 10.2. The molecule has 1 aromatic carbocycles. The molecule has 1 aromatic rings. The predicted octanol–water partition coefficient (Wildman–Crippen LogP) is 1.47. The Morgan fingerprint density at radius 2 is 2.12 bits per heavy atom. The van der Waals surface area contributed by atoms with Crippen molar-refractivity contribution in [2.45, 2.75) is 6.92 Å². The summed E-state index contributed by atoms with van der Waals surface area (Å²) in [6.45, 7) is 1.66. The molecule has 1 aliphatic rings. The number of carbonyl (C=O) groups excluding carboxylic acids is 1. The summed E-state index contributed by atoms with van der Waals surface area (Å²) in [5, 5.41) is 9.03. The number of amides is 1. The molecular formula is C11H12ClNO4. The molecule has 0 unspecified atom stereocenters. The molecule has 1 heterocycles. The van der Waals surface area contributed by atoms with Gasteiger partial charge in [-0.2, -0.15) is 0 Å². The second kappa shape index (κ2) is 4.63. The Balaban J connectivity index is 0.00000144. The van der Waals surface area contributed by atoms with Gasteiger partial charge in [0.05, 0.1) is 5.69 Å². The third kappa shape index (κ3) is 2.19. The maximum atomic E-state index is 11.4. The second-order valence-electron chi connectivity index (χ2n) is 3.71. The van der Waals surface area contributed by atoms with Gasteiger partial charge in [-0.05, 0) is 24.6 Å². The van der Waals surface area contributed by atoms with Gasteiger partial charge >= 0.3 is 5.97 Å². The molecule has 0 atom stereocenters. The lowest BCUT2D eigenvalue weighted by atomic mass is 10.1. The van der Waals surface area contributed by atoms with Gasteiger partial charge in [-0.15, -0.1) is 12.4 Å². The van der Waals surface area contributed by atoms with E-state index in [4.69, 9.17) is 9.84 Å². The molecule has 1 N–H and O–H groups in total. The quantitative estimate of drug-likeness (QED) is 0.827. The van der Waals surface area contributed by atoms with Gasteiger partial charge in [-0.25, -0.2) is 4.79 Å². The number of ether oxygens (including phenoxy) is 1. The van der Waals surface area contributed by atoms with Crippen molar-refractivity contribution in [2.75, 3.05) is 18.6 Å². The van der Waals surface area contributed by atoms with Crippen LogP contribution in [0, 0.1) is 6.92 Å². The smallest absolute Gasteiger partial charge is 0.339 e. The zero-order valence-electron chi connectivity index (χ0n) is 9.39. The fourth-order valence-corrected chi connectivity index (χ4v) is 1.68. The molecule has 0 aromatic heterocycles. The van der Waals surface area contributed by atoms with Gasteiger partial charge in [0.1, 0.15) is 5.56 Å². The molecule has 0 spiro atoms. The molecule has 0 radical (unpaired) electrons. The van der Waals surface area contributed by atoms with Crippen molar-refractivity contribution < 1.29 is 19.4 Å². The lowest BCUT2D eigenvalue weighted by Gasteiger charge is -2.27. The van der Waals surface area contributed by atoms with Gasteiger partial charge < -0.3 is 14.7 Å². The van der Waals surface area contributed by atoms with Gasteiger partial charge in [0.15, 0.2) is 12.4 Å². The SMILES string of the molecule is Cc1cc(C(=O)O)c2c(c1)N(C)C(=O)CO2.Cl. The molecule has 0 bridgehead atoms. The summed E-state index contributed by atoms with van der Waals surface area (Å²) in [4.78, 5) is 23.8. The molecule has 0 saturated carbocycles. The molecule has 92 valence electrons. The Morgan fingerprint density at radius 1 is 1.47 bits per heavy atom. The minimum atomic E-state index is -1.05. The van der Waals surface area contributed by atoms with E-state index in [0.717, 1.165) is 5.56 Å². The predicted molar refractivity (Wildman–Crippen MR) is 64.3 cm³/mol. The normalized spacial score (nSPS) is 13.5. The fraction of sp³-hybridized carbons (Fsp3) is 0.273. The summed E-state index contributed by atoms with van der Waals surface area (Å²) in [6, 6.07) is 3.27.